The number of aliphatic imine (C=N–C) groups is 1. The van der Waals surface area contributed by atoms with Gasteiger partial charge in [0.1, 0.15) is 6.54 Å². The lowest BCUT2D eigenvalue weighted by Gasteiger charge is -2.29. The van der Waals surface area contributed by atoms with E-state index in [1.54, 1.807) is 0 Å². The molecule has 0 radical (unpaired) electrons. The van der Waals surface area contributed by atoms with Crippen LogP contribution in [-0.2, 0) is 20.6 Å². The number of amides is 2. The summed E-state index contributed by atoms with van der Waals surface area (Å²) in [5, 5.41) is 0.837. The molecule has 0 heterocycles. The fourth-order valence-electron chi connectivity index (χ4n) is 3.94. The van der Waals surface area contributed by atoms with Crippen LogP contribution in [0.2, 0.25) is 5.02 Å². The van der Waals surface area contributed by atoms with E-state index in [1.165, 1.54) is 29.6 Å². The number of halogens is 10. The first-order valence-electron chi connectivity index (χ1n) is 11.3. The number of allylic oxidation sites excluding steroid dienone is 9. The van der Waals surface area contributed by atoms with Crippen molar-refractivity contribution < 1.29 is 53.9 Å². The number of alkyl halides is 9. The van der Waals surface area contributed by atoms with E-state index in [2.05, 4.69) is 4.99 Å². The summed E-state index contributed by atoms with van der Waals surface area (Å²) in [6.07, 6.45) is -6.77. The van der Waals surface area contributed by atoms with E-state index < -0.39 is 76.2 Å². The van der Waals surface area contributed by atoms with Gasteiger partial charge in [-0.2, -0.15) is 39.5 Å². The maximum absolute atomic E-state index is 13.9. The van der Waals surface area contributed by atoms with Crippen molar-refractivity contribution in [3.05, 3.63) is 88.0 Å². The maximum Gasteiger partial charge on any atom is 0.417 e. The van der Waals surface area contributed by atoms with E-state index in [0.29, 0.717) is 18.3 Å². The summed E-state index contributed by atoms with van der Waals surface area (Å²) < 4.78 is 118. The number of rotatable bonds is 6. The third kappa shape index (κ3) is 8.28. The van der Waals surface area contributed by atoms with Crippen LogP contribution in [0.25, 0.3) is 5.57 Å². The smallest absolute Gasteiger partial charge is 0.342 e. The second-order valence-corrected chi connectivity index (χ2v) is 9.04. The van der Waals surface area contributed by atoms with E-state index in [-0.39, 0.29) is 23.3 Å². The van der Waals surface area contributed by atoms with Crippen LogP contribution >= 0.6 is 11.6 Å². The van der Waals surface area contributed by atoms with Gasteiger partial charge in [0.2, 0.25) is 0 Å². The predicted octanol–water partition coefficient (Wildman–Crippen LogP) is 6.37. The van der Waals surface area contributed by atoms with Crippen molar-refractivity contribution in [1.82, 2.24) is 5.32 Å². The summed E-state index contributed by atoms with van der Waals surface area (Å²) in [5.74, 6) is -5.57. The number of ketones is 1. The number of hydrogen-bond donors (Lipinski definition) is 1. The zero-order chi connectivity index (χ0) is 30.8. The Labute approximate surface area is 230 Å². The first-order chi connectivity index (χ1) is 18.9. The van der Waals surface area contributed by atoms with Crippen LogP contribution in [0.1, 0.15) is 11.1 Å². The highest BCUT2D eigenvalue weighted by atomic mass is 35.5. The molecule has 218 valence electrons. The molecular weight excluding hydrogens is 595 g/mol. The lowest BCUT2D eigenvalue weighted by atomic mass is 9.73. The molecule has 2 aliphatic carbocycles. The number of fused-ring (bicyclic) bond motifs is 1. The minimum Gasteiger partial charge on any atom is -0.342 e. The molecule has 0 saturated carbocycles. The van der Waals surface area contributed by atoms with E-state index in [1.807, 2.05) is 0 Å². The lowest BCUT2D eigenvalue weighted by Crippen LogP contribution is -2.34. The molecule has 15 heteroatoms. The standard InChI is InChI=1S/C26H16ClF9N2O3/c27-15-8-13(7-14(9-15)25(31,32)33)20(26(34,35)36)10-21(39)18-5-6-19(17-4-2-1-3-16(17)18)23(41)37-11-22(40)38-12-24(28,29)30/h1-11,16-17H,12H2,(H,38,40)/b20-10+,37-11?. The maximum atomic E-state index is 13.9. The number of nitrogens with one attached hydrogen (secondary N) is 1. The summed E-state index contributed by atoms with van der Waals surface area (Å²) in [5.41, 5.74) is -4.53. The SMILES string of the molecule is O=C(C=NC(=O)C1=CC=C(C(=O)/C=C(\c2cc(Cl)cc(C(F)(F)F)c2)C(F)(F)F)C2C=CC=CC12)NCC(F)(F)F. The molecule has 2 amide bonds. The van der Waals surface area contributed by atoms with Crippen molar-refractivity contribution >= 4 is 41.0 Å². The lowest BCUT2D eigenvalue weighted by molar-refractivity contribution is -0.137. The van der Waals surface area contributed by atoms with E-state index in [9.17, 15) is 53.9 Å². The Hall–Kier alpha value is -3.94. The van der Waals surface area contributed by atoms with Gasteiger partial charge in [-0.15, -0.1) is 0 Å². The van der Waals surface area contributed by atoms with Crippen LogP contribution in [0, 0.1) is 11.8 Å². The molecule has 2 aliphatic rings. The van der Waals surface area contributed by atoms with Crippen molar-refractivity contribution in [2.24, 2.45) is 16.8 Å². The molecule has 0 fully saturated rings. The van der Waals surface area contributed by atoms with Crippen LogP contribution in [-0.4, -0.2) is 42.7 Å². The molecule has 3 rings (SSSR count). The quantitative estimate of drug-likeness (QED) is 0.231. The Bertz CT molecular complexity index is 1430. The summed E-state index contributed by atoms with van der Waals surface area (Å²) in [6, 6.07) is 1.27. The van der Waals surface area contributed by atoms with Gasteiger partial charge in [0, 0.05) is 28.0 Å². The van der Waals surface area contributed by atoms with Crippen LogP contribution in [0.5, 0.6) is 0 Å². The molecule has 2 atom stereocenters. The largest absolute Gasteiger partial charge is 0.417 e. The minimum atomic E-state index is -5.27. The Morgan fingerprint density at radius 2 is 1.46 bits per heavy atom. The Morgan fingerprint density at radius 1 is 0.878 bits per heavy atom. The minimum absolute atomic E-state index is 0.128. The molecule has 0 aliphatic heterocycles. The molecular formula is C26H16ClF9N2O3. The zero-order valence-electron chi connectivity index (χ0n) is 20.2. The van der Waals surface area contributed by atoms with Crippen molar-refractivity contribution in [3.8, 4) is 0 Å². The first kappa shape index (κ1) is 31.6. The highest BCUT2D eigenvalue weighted by Crippen LogP contribution is 2.41. The Balaban J connectivity index is 1.96. The van der Waals surface area contributed by atoms with Crippen LogP contribution in [0.15, 0.2) is 76.9 Å². The fraction of sp³-hybridized carbons (Fsp3) is 0.231. The molecule has 0 saturated heterocycles. The third-order valence-corrected chi connectivity index (χ3v) is 5.92. The van der Waals surface area contributed by atoms with Gasteiger partial charge in [0.05, 0.1) is 17.4 Å². The van der Waals surface area contributed by atoms with Crippen LogP contribution in [0.4, 0.5) is 39.5 Å². The molecule has 41 heavy (non-hydrogen) atoms. The first-order valence-corrected chi connectivity index (χ1v) is 11.7. The van der Waals surface area contributed by atoms with Gasteiger partial charge in [-0.25, -0.2) is 4.99 Å². The normalized spacial score (nSPS) is 19.5. The topological polar surface area (TPSA) is 75.6 Å². The molecule has 1 aromatic rings. The molecule has 0 bridgehead atoms. The van der Waals surface area contributed by atoms with Gasteiger partial charge in [0.15, 0.2) is 5.78 Å². The van der Waals surface area contributed by atoms with Gasteiger partial charge < -0.3 is 5.32 Å². The molecule has 1 N–H and O–H groups in total. The van der Waals surface area contributed by atoms with Crippen molar-refractivity contribution in [1.29, 1.82) is 0 Å². The second-order valence-electron chi connectivity index (χ2n) is 8.61. The monoisotopic (exact) mass is 610 g/mol. The number of benzene rings is 1. The van der Waals surface area contributed by atoms with E-state index >= 15 is 0 Å². The third-order valence-electron chi connectivity index (χ3n) is 5.71. The number of hydrogen-bond acceptors (Lipinski definition) is 3. The molecule has 5 nitrogen and oxygen atoms in total. The molecule has 1 aromatic carbocycles. The highest BCUT2D eigenvalue weighted by molar-refractivity contribution is 6.31. The highest BCUT2D eigenvalue weighted by Gasteiger charge is 2.40. The van der Waals surface area contributed by atoms with Gasteiger partial charge >= 0.3 is 18.5 Å². The van der Waals surface area contributed by atoms with Crippen molar-refractivity contribution in [3.63, 3.8) is 0 Å². The van der Waals surface area contributed by atoms with E-state index in [4.69, 9.17) is 11.6 Å². The second kappa shape index (κ2) is 11.9. The summed E-state index contributed by atoms with van der Waals surface area (Å²) in [6.45, 7) is -1.67. The Kier molecular flexibility index (Phi) is 9.16. The van der Waals surface area contributed by atoms with Crippen LogP contribution in [0.3, 0.4) is 0 Å². The van der Waals surface area contributed by atoms with Crippen molar-refractivity contribution in [2.75, 3.05) is 6.54 Å². The number of carbonyl (C=O) groups is 3. The van der Waals surface area contributed by atoms with Crippen LogP contribution < -0.4 is 5.32 Å². The number of nitrogens with zero attached hydrogens (tertiary/aromatic N) is 1. The van der Waals surface area contributed by atoms with Gasteiger partial charge in [-0.1, -0.05) is 48.1 Å². The average Bonchev–Trinajstić information content (AvgIpc) is 2.86. The molecule has 0 spiro atoms. The van der Waals surface area contributed by atoms with Crippen molar-refractivity contribution in [2.45, 2.75) is 18.5 Å². The zero-order valence-corrected chi connectivity index (χ0v) is 20.9. The summed E-state index contributed by atoms with van der Waals surface area (Å²) >= 11 is 5.62. The number of carbonyl (C=O) groups excluding carboxylic acids is 3. The van der Waals surface area contributed by atoms with E-state index in [0.717, 1.165) is 12.2 Å². The summed E-state index contributed by atoms with van der Waals surface area (Å²) in [7, 11) is 0. The predicted molar refractivity (Wildman–Crippen MR) is 129 cm³/mol. The van der Waals surface area contributed by atoms with Gasteiger partial charge in [-0.05, 0) is 29.8 Å². The molecule has 2 unspecified atom stereocenters. The fourth-order valence-corrected chi connectivity index (χ4v) is 4.18. The summed E-state index contributed by atoms with van der Waals surface area (Å²) in [4.78, 5) is 40.4. The average molecular weight is 611 g/mol. The Morgan fingerprint density at radius 3 is 2.02 bits per heavy atom. The van der Waals surface area contributed by atoms with Gasteiger partial charge in [-0.3, -0.25) is 14.4 Å². The molecule has 0 aromatic heterocycles. The van der Waals surface area contributed by atoms with Gasteiger partial charge in [0.25, 0.3) is 11.8 Å².